The lowest BCUT2D eigenvalue weighted by Gasteiger charge is -2.45. The Morgan fingerprint density at radius 3 is 2.34 bits per heavy atom. The summed E-state index contributed by atoms with van der Waals surface area (Å²) in [6.07, 6.45) is 3.09. The quantitative estimate of drug-likeness (QED) is 0.560. The molecule has 2 atom stereocenters. The van der Waals surface area contributed by atoms with E-state index in [1.54, 1.807) is 16.4 Å². The average molecular weight is 443 g/mol. The fourth-order valence-corrected chi connectivity index (χ4v) is 5.41. The average Bonchev–Trinajstić information content (AvgIpc) is 3.19. The van der Waals surface area contributed by atoms with Gasteiger partial charge in [0, 0.05) is 37.0 Å². The molecule has 6 nitrogen and oxygen atoms in total. The molecule has 2 bridgehead atoms. The first kappa shape index (κ1) is 20.8. The topological polar surface area (TPSA) is 56.0 Å². The second-order valence-corrected chi connectivity index (χ2v) is 8.78. The molecule has 5 rings (SSSR count). The number of aryl methyl sites for hydroxylation is 3. The van der Waals surface area contributed by atoms with Crippen molar-refractivity contribution in [3.8, 4) is 11.3 Å². The van der Waals surface area contributed by atoms with Gasteiger partial charge in [-0.3, -0.25) is 14.2 Å². The molecule has 4 heterocycles. The Morgan fingerprint density at radius 2 is 1.72 bits per heavy atom. The molecule has 1 aromatic carbocycles. The Morgan fingerprint density at radius 1 is 1.03 bits per heavy atom. The number of carbonyl (C=O) groups is 1. The summed E-state index contributed by atoms with van der Waals surface area (Å²) in [7, 11) is 3.53. The smallest absolute Gasteiger partial charge is 0.258 e. The largest absolute Gasteiger partial charge is 0.327 e. The van der Waals surface area contributed by atoms with Crippen LogP contribution in [0, 0.1) is 31.3 Å². The van der Waals surface area contributed by atoms with Crippen molar-refractivity contribution in [3.05, 3.63) is 57.8 Å². The molecule has 1 saturated heterocycles. The van der Waals surface area contributed by atoms with Crippen LogP contribution in [0.5, 0.6) is 0 Å². The van der Waals surface area contributed by atoms with Crippen LogP contribution in [0.3, 0.4) is 0 Å². The molecule has 2 unspecified atom stereocenters. The van der Waals surface area contributed by atoms with Gasteiger partial charge in [0.05, 0.1) is 28.7 Å². The molecule has 0 spiro atoms. The SMILES string of the molecule is Cc1nn(C)c(C)c1C(=O)N1C2CCCC1c1nn(C)c(-c3cc(F)c(F)c(F)c3)c1C2. The summed E-state index contributed by atoms with van der Waals surface area (Å²) < 4.78 is 44.7. The van der Waals surface area contributed by atoms with E-state index < -0.39 is 17.5 Å². The van der Waals surface area contributed by atoms with Crippen molar-refractivity contribution in [2.24, 2.45) is 14.1 Å². The van der Waals surface area contributed by atoms with Crippen molar-refractivity contribution in [2.45, 2.75) is 51.6 Å². The van der Waals surface area contributed by atoms with Crippen molar-refractivity contribution < 1.29 is 18.0 Å². The lowest BCUT2D eigenvalue weighted by atomic mass is 9.81. The number of hydrogen-bond acceptors (Lipinski definition) is 3. The molecule has 0 radical (unpaired) electrons. The van der Waals surface area contributed by atoms with Crippen LogP contribution in [0.4, 0.5) is 13.2 Å². The highest BCUT2D eigenvalue weighted by atomic mass is 19.2. The zero-order chi connectivity index (χ0) is 22.9. The highest BCUT2D eigenvalue weighted by Gasteiger charge is 2.44. The number of nitrogens with zero attached hydrogens (tertiary/aromatic N) is 5. The maximum absolute atomic E-state index is 14.0. The third-order valence-corrected chi connectivity index (χ3v) is 6.89. The summed E-state index contributed by atoms with van der Waals surface area (Å²) >= 11 is 0. The van der Waals surface area contributed by atoms with Gasteiger partial charge in [-0.2, -0.15) is 10.2 Å². The van der Waals surface area contributed by atoms with E-state index in [9.17, 15) is 18.0 Å². The molecule has 3 aromatic rings. The number of hydrogen-bond donors (Lipinski definition) is 0. The van der Waals surface area contributed by atoms with Crippen LogP contribution in [-0.2, 0) is 20.5 Å². The number of benzene rings is 1. The fraction of sp³-hybridized carbons (Fsp3) is 0.435. The van der Waals surface area contributed by atoms with Gasteiger partial charge in [-0.05, 0) is 51.7 Å². The minimum atomic E-state index is -1.49. The summed E-state index contributed by atoms with van der Waals surface area (Å²) in [5.74, 6) is -4.00. The maximum Gasteiger partial charge on any atom is 0.258 e. The number of halogens is 3. The highest BCUT2D eigenvalue weighted by molar-refractivity contribution is 5.97. The third kappa shape index (κ3) is 2.90. The van der Waals surface area contributed by atoms with Gasteiger partial charge >= 0.3 is 0 Å². The lowest BCUT2D eigenvalue weighted by molar-refractivity contribution is 0.0390. The Hall–Kier alpha value is -3.10. The van der Waals surface area contributed by atoms with Gasteiger partial charge in [-0.15, -0.1) is 0 Å². The third-order valence-electron chi connectivity index (χ3n) is 6.89. The fourth-order valence-electron chi connectivity index (χ4n) is 5.41. The number of rotatable bonds is 2. The van der Waals surface area contributed by atoms with E-state index in [1.807, 2.05) is 25.8 Å². The van der Waals surface area contributed by atoms with Crippen molar-refractivity contribution in [1.29, 1.82) is 0 Å². The van der Waals surface area contributed by atoms with Gasteiger partial charge in [-0.1, -0.05) is 0 Å². The van der Waals surface area contributed by atoms with Crippen molar-refractivity contribution in [2.75, 3.05) is 0 Å². The molecular formula is C23H24F3N5O. The zero-order valence-corrected chi connectivity index (χ0v) is 18.4. The number of piperidine rings is 1. The van der Waals surface area contributed by atoms with Gasteiger partial charge in [-0.25, -0.2) is 13.2 Å². The summed E-state index contributed by atoms with van der Waals surface area (Å²) in [4.78, 5) is 15.6. The second kappa shape index (κ2) is 7.21. The van der Waals surface area contributed by atoms with Crippen LogP contribution in [0.1, 0.15) is 58.3 Å². The minimum absolute atomic E-state index is 0.0501. The summed E-state index contributed by atoms with van der Waals surface area (Å²) in [5, 5.41) is 9.06. The summed E-state index contributed by atoms with van der Waals surface area (Å²) in [6, 6.07) is 1.74. The summed E-state index contributed by atoms with van der Waals surface area (Å²) in [5.41, 5.74) is 4.55. The molecule has 1 fully saturated rings. The van der Waals surface area contributed by atoms with Crippen LogP contribution >= 0.6 is 0 Å². The molecule has 2 aromatic heterocycles. The first-order chi connectivity index (χ1) is 15.2. The Labute approximate surface area is 183 Å². The highest BCUT2D eigenvalue weighted by Crippen LogP contribution is 2.45. The van der Waals surface area contributed by atoms with Gasteiger partial charge in [0.1, 0.15) is 0 Å². The van der Waals surface area contributed by atoms with Gasteiger partial charge < -0.3 is 4.90 Å². The van der Waals surface area contributed by atoms with Crippen LogP contribution in [-0.4, -0.2) is 36.4 Å². The zero-order valence-electron chi connectivity index (χ0n) is 18.4. The minimum Gasteiger partial charge on any atom is -0.327 e. The Kier molecular flexibility index (Phi) is 4.69. The number of amides is 1. The maximum atomic E-state index is 14.0. The van der Waals surface area contributed by atoms with Gasteiger partial charge in [0.25, 0.3) is 5.91 Å². The second-order valence-electron chi connectivity index (χ2n) is 8.78. The molecule has 168 valence electrons. The van der Waals surface area contributed by atoms with E-state index in [-0.39, 0.29) is 23.6 Å². The van der Waals surface area contributed by atoms with Gasteiger partial charge in [0.15, 0.2) is 17.5 Å². The van der Waals surface area contributed by atoms with Gasteiger partial charge in [0.2, 0.25) is 0 Å². The molecule has 1 amide bonds. The lowest BCUT2D eigenvalue weighted by Crippen LogP contribution is -2.50. The van der Waals surface area contributed by atoms with E-state index in [0.717, 1.165) is 48.3 Å². The van der Waals surface area contributed by atoms with Crippen molar-refractivity contribution >= 4 is 5.91 Å². The van der Waals surface area contributed by atoms with E-state index in [2.05, 4.69) is 10.2 Å². The first-order valence-electron chi connectivity index (χ1n) is 10.7. The standard InChI is InChI=1S/C23H24F3N5O/c1-11-19(12(2)29(3)27-11)23(32)31-14-6-5-7-18(31)21-15(10-14)22(30(4)28-21)13-8-16(24)20(26)17(25)9-13/h8-9,14,18H,5-7,10H2,1-4H3. The Balaban J connectivity index is 1.61. The molecule has 9 heteroatoms. The van der Waals surface area contributed by atoms with Crippen molar-refractivity contribution in [1.82, 2.24) is 24.5 Å². The van der Waals surface area contributed by atoms with Crippen LogP contribution in [0.15, 0.2) is 12.1 Å². The van der Waals surface area contributed by atoms with Crippen LogP contribution in [0.25, 0.3) is 11.3 Å². The predicted octanol–water partition coefficient (Wildman–Crippen LogP) is 4.15. The first-order valence-corrected chi connectivity index (χ1v) is 10.7. The summed E-state index contributed by atoms with van der Waals surface area (Å²) in [6.45, 7) is 3.72. The normalized spacial score (nSPS) is 19.9. The molecular weight excluding hydrogens is 419 g/mol. The number of aromatic nitrogens is 4. The van der Waals surface area contributed by atoms with Crippen LogP contribution < -0.4 is 0 Å². The van der Waals surface area contributed by atoms with E-state index in [4.69, 9.17) is 0 Å². The monoisotopic (exact) mass is 443 g/mol. The molecule has 0 N–H and O–H groups in total. The Bertz CT molecular complexity index is 1240. The van der Waals surface area contributed by atoms with E-state index in [1.165, 1.54) is 0 Å². The van der Waals surface area contributed by atoms with Crippen molar-refractivity contribution in [3.63, 3.8) is 0 Å². The number of carbonyl (C=O) groups excluding carboxylic acids is 1. The molecule has 0 saturated carbocycles. The van der Waals surface area contributed by atoms with E-state index >= 15 is 0 Å². The number of fused-ring (bicyclic) bond motifs is 4. The molecule has 2 aliphatic heterocycles. The molecule has 2 aliphatic rings. The predicted molar refractivity (Wildman–Crippen MR) is 111 cm³/mol. The molecule has 32 heavy (non-hydrogen) atoms. The van der Waals surface area contributed by atoms with E-state index in [0.29, 0.717) is 23.4 Å². The molecule has 0 aliphatic carbocycles. The van der Waals surface area contributed by atoms with Crippen LogP contribution in [0.2, 0.25) is 0 Å².